The zero-order valence-electron chi connectivity index (χ0n) is 8.35. The zero-order valence-corrected chi connectivity index (χ0v) is 9.11. The van der Waals surface area contributed by atoms with E-state index >= 15 is 0 Å². The summed E-state index contributed by atoms with van der Waals surface area (Å²) in [4.78, 5) is 0. The van der Waals surface area contributed by atoms with E-state index in [9.17, 15) is 8.78 Å². The van der Waals surface area contributed by atoms with E-state index in [4.69, 9.17) is 11.6 Å². The molecule has 1 fully saturated rings. The van der Waals surface area contributed by atoms with Crippen molar-refractivity contribution in [1.82, 2.24) is 0 Å². The normalized spacial score (nSPS) is 26.6. The quantitative estimate of drug-likeness (QED) is 0.634. The van der Waals surface area contributed by atoms with Crippen molar-refractivity contribution < 1.29 is 8.78 Å². The average Bonchev–Trinajstić information content (AvgIpc) is 2.23. The molecule has 0 saturated heterocycles. The maximum Gasteiger partial charge on any atom is 0.159 e. The largest absolute Gasteiger partial charge is 0.204 e. The van der Waals surface area contributed by atoms with E-state index in [0.717, 1.165) is 31.2 Å². The van der Waals surface area contributed by atoms with Crippen LogP contribution in [0.4, 0.5) is 8.78 Å². The fourth-order valence-electron chi connectivity index (χ4n) is 2.15. The van der Waals surface area contributed by atoms with Gasteiger partial charge in [-0.25, -0.2) is 8.78 Å². The van der Waals surface area contributed by atoms with E-state index in [2.05, 4.69) is 0 Å². The fourth-order valence-corrected chi connectivity index (χ4v) is 2.40. The van der Waals surface area contributed by atoms with E-state index in [0.29, 0.717) is 5.92 Å². The molecule has 0 nitrogen and oxygen atoms in total. The molecule has 1 aromatic rings. The zero-order chi connectivity index (χ0) is 10.8. The first-order chi connectivity index (χ1) is 7.16. The predicted molar refractivity (Wildman–Crippen MR) is 57.2 cm³/mol. The van der Waals surface area contributed by atoms with E-state index in [1.807, 2.05) is 0 Å². The van der Waals surface area contributed by atoms with Gasteiger partial charge in [0.2, 0.25) is 0 Å². The molecule has 0 unspecified atom stereocenters. The van der Waals surface area contributed by atoms with Crippen molar-refractivity contribution in [2.24, 2.45) is 0 Å². The molecule has 82 valence electrons. The van der Waals surface area contributed by atoms with E-state index in [1.165, 1.54) is 12.1 Å². The third-order valence-electron chi connectivity index (χ3n) is 3.07. The molecule has 0 amide bonds. The Labute approximate surface area is 93.2 Å². The van der Waals surface area contributed by atoms with Crippen LogP contribution in [0.2, 0.25) is 0 Å². The molecule has 3 heteroatoms. The SMILES string of the molecule is Fc1ccc(C2CCC(Cl)CC2)cc1F. The summed E-state index contributed by atoms with van der Waals surface area (Å²) in [6, 6.07) is 4.20. The topological polar surface area (TPSA) is 0 Å². The van der Waals surface area contributed by atoms with Crippen molar-refractivity contribution in [2.45, 2.75) is 37.0 Å². The Morgan fingerprint density at radius 3 is 2.27 bits per heavy atom. The Morgan fingerprint density at radius 2 is 1.67 bits per heavy atom. The number of rotatable bonds is 1. The highest BCUT2D eigenvalue weighted by molar-refractivity contribution is 6.20. The summed E-state index contributed by atoms with van der Waals surface area (Å²) in [5.41, 5.74) is 0.900. The summed E-state index contributed by atoms with van der Waals surface area (Å²) >= 11 is 5.99. The minimum atomic E-state index is -0.773. The molecule has 1 aliphatic rings. The van der Waals surface area contributed by atoms with E-state index < -0.39 is 11.6 Å². The van der Waals surface area contributed by atoms with Gasteiger partial charge in [-0.15, -0.1) is 11.6 Å². The summed E-state index contributed by atoms with van der Waals surface area (Å²) in [5, 5.41) is 0.256. The first-order valence-electron chi connectivity index (χ1n) is 5.26. The molecular formula is C12H13ClF2. The molecule has 0 atom stereocenters. The van der Waals surface area contributed by atoms with Crippen LogP contribution in [-0.2, 0) is 0 Å². The molecule has 0 N–H and O–H groups in total. The van der Waals surface area contributed by atoms with Crippen LogP contribution in [0.15, 0.2) is 18.2 Å². The summed E-state index contributed by atoms with van der Waals surface area (Å²) in [6.45, 7) is 0. The van der Waals surface area contributed by atoms with Crippen LogP contribution < -0.4 is 0 Å². The Hall–Kier alpha value is -0.630. The van der Waals surface area contributed by atoms with Crippen molar-refractivity contribution in [3.63, 3.8) is 0 Å². The molecule has 0 bridgehead atoms. The highest BCUT2D eigenvalue weighted by Crippen LogP contribution is 2.35. The molecule has 2 rings (SSSR count). The Balaban J connectivity index is 2.12. The van der Waals surface area contributed by atoms with Gasteiger partial charge >= 0.3 is 0 Å². The molecular weight excluding hydrogens is 218 g/mol. The third-order valence-corrected chi connectivity index (χ3v) is 3.51. The first kappa shape index (κ1) is 10.9. The smallest absolute Gasteiger partial charge is 0.159 e. The molecule has 1 aliphatic carbocycles. The minimum absolute atomic E-state index is 0.256. The van der Waals surface area contributed by atoms with Crippen LogP contribution in [0.1, 0.15) is 37.2 Å². The fraction of sp³-hybridized carbons (Fsp3) is 0.500. The summed E-state index contributed by atoms with van der Waals surface area (Å²) in [7, 11) is 0. The van der Waals surface area contributed by atoms with Gasteiger partial charge in [0.1, 0.15) is 0 Å². The molecule has 0 aliphatic heterocycles. The highest BCUT2D eigenvalue weighted by Gasteiger charge is 2.21. The van der Waals surface area contributed by atoms with Gasteiger partial charge in [0, 0.05) is 5.38 Å². The van der Waals surface area contributed by atoms with Crippen LogP contribution in [0.3, 0.4) is 0 Å². The summed E-state index contributed by atoms with van der Waals surface area (Å²) in [5.74, 6) is -1.18. The summed E-state index contributed by atoms with van der Waals surface area (Å²) in [6.07, 6.45) is 3.87. The van der Waals surface area contributed by atoms with Gasteiger partial charge in [-0.05, 0) is 49.3 Å². The predicted octanol–water partition coefficient (Wildman–Crippen LogP) is 4.23. The first-order valence-corrected chi connectivity index (χ1v) is 5.69. The minimum Gasteiger partial charge on any atom is -0.204 e. The standard InChI is InChI=1S/C12H13ClF2/c13-10-4-1-8(2-5-10)9-3-6-11(14)12(15)7-9/h3,6-8,10H,1-2,4-5H2. The summed E-state index contributed by atoms with van der Waals surface area (Å²) < 4.78 is 25.7. The number of halogens is 3. The second-order valence-electron chi connectivity index (χ2n) is 4.12. The Kier molecular flexibility index (Phi) is 3.25. The molecule has 0 aromatic heterocycles. The van der Waals surface area contributed by atoms with Gasteiger partial charge < -0.3 is 0 Å². The maximum atomic E-state index is 13.0. The lowest BCUT2D eigenvalue weighted by Gasteiger charge is -2.25. The van der Waals surface area contributed by atoms with Gasteiger partial charge in [0.25, 0.3) is 0 Å². The number of hydrogen-bond donors (Lipinski definition) is 0. The van der Waals surface area contributed by atoms with Crippen LogP contribution in [0.25, 0.3) is 0 Å². The van der Waals surface area contributed by atoms with Crippen molar-refractivity contribution in [1.29, 1.82) is 0 Å². The number of hydrogen-bond acceptors (Lipinski definition) is 0. The van der Waals surface area contributed by atoms with Crippen molar-refractivity contribution in [3.05, 3.63) is 35.4 Å². The lowest BCUT2D eigenvalue weighted by Crippen LogP contribution is -2.13. The Bertz CT molecular complexity index is 343. The van der Waals surface area contributed by atoms with Crippen molar-refractivity contribution in [3.8, 4) is 0 Å². The van der Waals surface area contributed by atoms with Crippen molar-refractivity contribution >= 4 is 11.6 Å². The van der Waals surface area contributed by atoms with Gasteiger partial charge in [-0.2, -0.15) is 0 Å². The maximum absolute atomic E-state index is 13.0. The van der Waals surface area contributed by atoms with Crippen LogP contribution in [-0.4, -0.2) is 5.38 Å². The molecule has 1 saturated carbocycles. The number of benzene rings is 1. The van der Waals surface area contributed by atoms with Crippen LogP contribution in [0, 0.1) is 11.6 Å². The van der Waals surface area contributed by atoms with Gasteiger partial charge in [-0.3, -0.25) is 0 Å². The van der Waals surface area contributed by atoms with Crippen molar-refractivity contribution in [2.75, 3.05) is 0 Å². The monoisotopic (exact) mass is 230 g/mol. The highest BCUT2D eigenvalue weighted by atomic mass is 35.5. The second-order valence-corrected chi connectivity index (χ2v) is 4.74. The Morgan fingerprint density at radius 1 is 1.00 bits per heavy atom. The molecule has 15 heavy (non-hydrogen) atoms. The average molecular weight is 231 g/mol. The third kappa shape index (κ3) is 2.49. The number of alkyl halides is 1. The molecule has 0 heterocycles. The molecule has 0 spiro atoms. The van der Waals surface area contributed by atoms with E-state index in [1.54, 1.807) is 6.07 Å². The lowest BCUT2D eigenvalue weighted by molar-refractivity contribution is 0.443. The molecule has 1 aromatic carbocycles. The second kappa shape index (κ2) is 4.48. The van der Waals surface area contributed by atoms with Gasteiger partial charge in [-0.1, -0.05) is 6.07 Å². The van der Waals surface area contributed by atoms with Gasteiger partial charge in [0.05, 0.1) is 0 Å². The van der Waals surface area contributed by atoms with Gasteiger partial charge in [0.15, 0.2) is 11.6 Å². The van der Waals surface area contributed by atoms with Crippen LogP contribution >= 0.6 is 11.6 Å². The molecule has 0 radical (unpaired) electrons. The van der Waals surface area contributed by atoms with E-state index in [-0.39, 0.29) is 5.38 Å². The van der Waals surface area contributed by atoms with Crippen LogP contribution in [0.5, 0.6) is 0 Å². The lowest BCUT2D eigenvalue weighted by atomic mass is 9.84.